The maximum Gasteiger partial charge on any atom is 0.338 e. The van der Waals surface area contributed by atoms with Crippen molar-refractivity contribution in [2.75, 3.05) is 27.4 Å². The number of hydrogen-bond acceptors (Lipinski definition) is 8. The summed E-state index contributed by atoms with van der Waals surface area (Å²) in [6.45, 7) is 0.514. The smallest absolute Gasteiger partial charge is 0.338 e. The van der Waals surface area contributed by atoms with Crippen LogP contribution in [0.1, 0.15) is 23.3 Å². The lowest BCUT2D eigenvalue weighted by atomic mass is 9.95. The fourth-order valence-electron chi connectivity index (χ4n) is 3.31. The van der Waals surface area contributed by atoms with E-state index in [1.807, 2.05) is 0 Å². The summed E-state index contributed by atoms with van der Waals surface area (Å²) >= 11 is 0. The van der Waals surface area contributed by atoms with Gasteiger partial charge in [0.15, 0.2) is 5.82 Å². The number of amides is 2. The monoisotopic (exact) mass is 400 g/mol. The highest BCUT2D eigenvalue weighted by Crippen LogP contribution is 2.36. The summed E-state index contributed by atoms with van der Waals surface area (Å²) in [6, 6.07) is 6.17. The van der Waals surface area contributed by atoms with Crippen LogP contribution in [0.2, 0.25) is 0 Å². The largest absolute Gasteiger partial charge is 0.497 e. The van der Waals surface area contributed by atoms with Crippen molar-refractivity contribution in [1.29, 1.82) is 0 Å². The average molecular weight is 400 g/mol. The fourth-order valence-corrected chi connectivity index (χ4v) is 3.31. The number of benzene rings is 1. The van der Waals surface area contributed by atoms with Crippen molar-refractivity contribution in [1.82, 2.24) is 20.4 Å². The van der Waals surface area contributed by atoms with Crippen molar-refractivity contribution < 1.29 is 28.3 Å². The number of carbonyl (C=O) groups is 2. The van der Waals surface area contributed by atoms with Gasteiger partial charge in [-0.15, -0.1) is 0 Å². The predicted octanol–water partition coefficient (Wildman–Crippen LogP) is 1.34. The molecule has 0 spiro atoms. The van der Waals surface area contributed by atoms with Gasteiger partial charge in [0.05, 0.1) is 31.0 Å². The zero-order chi connectivity index (χ0) is 20.4. The van der Waals surface area contributed by atoms with Crippen LogP contribution in [-0.4, -0.2) is 54.5 Å². The standard InChI is InChI=1S/C19H20N4O6/c1-26-8-7-14-20-15(29-22-14)9-23-13-10-28-18(24)16(13)17(21-19(23)25)11-3-5-12(27-2)6-4-11/h3-6,17H,7-10H2,1-2H3,(H,21,25). The van der Waals surface area contributed by atoms with Crippen LogP contribution in [0.5, 0.6) is 5.75 Å². The van der Waals surface area contributed by atoms with Crippen LogP contribution in [0.15, 0.2) is 40.1 Å². The average Bonchev–Trinajstić information content (AvgIpc) is 3.35. The Bertz CT molecular complexity index is 952. The second kappa shape index (κ2) is 7.92. The zero-order valence-corrected chi connectivity index (χ0v) is 16.0. The summed E-state index contributed by atoms with van der Waals surface area (Å²) in [5.74, 6) is 0.974. The molecule has 2 aliphatic rings. The third kappa shape index (κ3) is 3.66. The van der Waals surface area contributed by atoms with Crippen LogP contribution >= 0.6 is 0 Å². The summed E-state index contributed by atoms with van der Waals surface area (Å²) in [5, 5.41) is 6.73. The van der Waals surface area contributed by atoms with E-state index in [0.29, 0.717) is 35.9 Å². The Morgan fingerprint density at radius 1 is 1.24 bits per heavy atom. The SMILES string of the molecule is COCCc1noc(CN2C(=O)NC(c3ccc(OC)cc3)C3=C2COC3=O)n1. The number of rotatable bonds is 7. The number of hydrogen-bond donors (Lipinski definition) is 1. The second-order valence-electron chi connectivity index (χ2n) is 6.53. The van der Waals surface area contributed by atoms with E-state index in [9.17, 15) is 9.59 Å². The van der Waals surface area contributed by atoms with Crippen LogP contribution in [0.3, 0.4) is 0 Å². The van der Waals surface area contributed by atoms with E-state index in [1.165, 1.54) is 4.90 Å². The predicted molar refractivity (Wildman–Crippen MR) is 97.7 cm³/mol. The van der Waals surface area contributed by atoms with Gasteiger partial charge in [0, 0.05) is 13.5 Å². The topological polar surface area (TPSA) is 116 Å². The van der Waals surface area contributed by atoms with Gasteiger partial charge < -0.3 is 24.1 Å². The summed E-state index contributed by atoms with van der Waals surface area (Å²) in [5.41, 5.74) is 1.65. The van der Waals surface area contributed by atoms with Crippen molar-refractivity contribution in [2.24, 2.45) is 0 Å². The van der Waals surface area contributed by atoms with Crippen molar-refractivity contribution in [3.05, 3.63) is 52.8 Å². The lowest BCUT2D eigenvalue weighted by Gasteiger charge is -2.32. The molecule has 3 heterocycles. The first-order valence-electron chi connectivity index (χ1n) is 9.03. The Kier molecular flexibility index (Phi) is 5.17. The number of methoxy groups -OCH3 is 2. The molecular weight excluding hydrogens is 380 g/mol. The van der Waals surface area contributed by atoms with Crippen LogP contribution in [0.4, 0.5) is 4.79 Å². The number of urea groups is 1. The molecule has 0 fully saturated rings. The van der Waals surface area contributed by atoms with Crippen LogP contribution in [0, 0.1) is 0 Å². The number of cyclic esters (lactones) is 1. The van der Waals surface area contributed by atoms with Gasteiger partial charge in [-0.05, 0) is 17.7 Å². The molecule has 0 radical (unpaired) electrons. The molecule has 10 nitrogen and oxygen atoms in total. The van der Waals surface area contributed by atoms with Crippen LogP contribution in [-0.2, 0) is 27.2 Å². The van der Waals surface area contributed by atoms with E-state index >= 15 is 0 Å². The van der Waals surface area contributed by atoms with Crippen molar-refractivity contribution in [3.63, 3.8) is 0 Å². The maximum atomic E-state index is 12.8. The first-order chi connectivity index (χ1) is 14.1. The van der Waals surface area contributed by atoms with E-state index in [1.54, 1.807) is 38.5 Å². The summed E-state index contributed by atoms with van der Waals surface area (Å²) < 4.78 is 20.6. The minimum atomic E-state index is -0.602. The van der Waals surface area contributed by atoms with Gasteiger partial charge in [0.1, 0.15) is 18.9 Å². The van der Waals surface area contributed by atoms with E-state index < -0.39 is 12.0 Å². The van der Waals surface area contributed by atoms with Gasteiger partial charge in [-0.3, -0.25) is 4.90 Å². The number of nitrogens with zero attached hydrogens (tertiary/aromatic N) is 3. The maximum absolute atomic E-state index is 12.8. The molecule has 152 valence electrons. The van der Waals surface area contributed by atoms with E-state index in [4.69, 9.17) is 18.7 Å². The van der Waals surface area contributed by atoms with E-state index in [2.05, 4.69) is 15.5 Å². The Labute approximate surface area is 166 Å². The number of esters is 1. The third-order valence-electron chi connectivity index (χ3n) is 4.78. The lowest BCUT2D eigenvalue weighted by molar-refractivity contribution is -0.136. The molecule has 0 bridgehead atoms. The first-order valence-corrected chi connectivity index (χ1v) is 9.03. The molecule has 1 N–H and O–H groups in total. The second-order valence-corrected chi connectivity index (χ2v) is 6.53. The molecule has 2 aliphatic heterocycles. The Hall–Kier alpha value is -3.40. The third-order valence-corrected chi connectivity index (χ3v) is 4.78. The number of carbonyl (C=O) groups excluding carboxylic acids is 2. The van der Waals surface area contributed by atoms with Gasteiger partial charge >= 0.3 is 12.0 Å². The minimum Gasteiger partial charge on any atom is -0.497 e. The van der Waals surface area contributed by atoms with Crippen molar-refractivity contribution in [2.45, 2.75) is 19.0 Å². The Balaban J connectivity index is 1.60. The quantitative estimate of drug-likeness (QED) is 0.693. The minimum absolute atomic E-state index is 0.0128. The molecule has 1 atom stereocenters. The normalized spacial score (nSPS) is 18.6. The van der Waals surface area contributed by atoms with Gasteiger partial charge in [0.2, 0.25) is 5.89 Å². The van der Waals surface area contributed by atoms with Gasteiger partial charge in [0.25, 0.3) is 0 Å². The molecule has 0 saturated carbocycles. The number of ether oxygens (including phenoxy) is 3. The van der Waals surface area contributed by atoms with Crippen molar-refractivity contribution >= 4 is 12.0 Å². The molecule has 0 saturated heterocycles. The van der Waals surface area contributed by atoms with Crippen LogP contribution < -0.4 is 10.1 Å². The van der Waals surface area contributed by atoms with Gasteiger partial charge in [-0.25, -0.2) is 9.59 Å². The molecule has 1 aromatic heterocycles. The summed E-state index contributed by atoms with van der Waals surface area (Å²) in [6.07, 6.45) is 0.501. The van der Waals surface area contributed by atoms with E-state index in [-0.39, 0.29) is 25.1 Å². The van der Waals surface area contributed by atoms with Gasteiger partial charge in [-0.2, -0.15) is 4.98 Å². The highest BCUT2D eigenvalue weighted by molar-refractivity contribution is 5.97. The Morgan fingerprint density at radius 3 is 2.76 bits per heavy atom. The molecule has 1 unspecified atom stereocenters. The van der Waals surface area contributed by atoms with Crippen LogP contribution in [0.25, 0.3) is 0 Å². The highest BCUT2D eigenvalue weighted by atomic mass is 16.5. The van der Waals surface area contributed by atoms with Crippen molar-refractivity contribution in [3.8, 4) is 5.75 Å². The molecule has 29 heavy (non-hydrogen) atoms. The summed E-state index contributed by atoms with van der Waals surface area (Å²) in [7, 11) is 3.16. The number of aromatic nitrogens is 2. The first kappa shape index (κ1) is 18.9. The molecule has 2 aromatic rings. The molecule has 0 aliphatic carbocycles. The van der Waals surface area contributed by atoms with E-state index in [0.717, 1.165) is 5.56 Å². The fraction of sp³-hybridized carbons (Fsp3) is 0.368. The summed E-state index contributed by atoms with van der Waals surface area (Å²) in [4.78, 5) is 30.9. The molecular formula is C19H20N4O6. The highest BCUT2D eigenvalue weighted by Gasteiger charge is 2.42. The molecule has 2 amide bonds. The molecule has 10 heteroatoms. The molecule has 1 aromatic carbocycles. The Morgan fingerprint density at radius 2 is 2.03 bits per heavy atom. The number of nitrogens with one attached hydrogen (secondary N) is 1. The zero-order valence-electron chi connectivity index (χ0n) is 16.0. The molecule has 4 rings (SSSR count). The van der Waals surface area contributed by atoms with Gasteiger partial charge in [-0.1, -0.05) is 17.3 Å². The lowest BCUT2D eigenvalue weighted by Crippen LogP contribution is -2.46.